The molecule has 0 saturated carbocycles. The molecule has 2 N–H and O–H groups in total. The van der Waals surface area contributed by atoms with Crippen molar-refractivity contribution in [1.82, 2.24) is 10.2 Å². The van der Waals surface area contributed by atoms with Crippen LogP contribution in [0.5, 0.6) is 0 Å². The third kappa shape index (κ3) is 1.69. The summed E-state index contributed by atoms with van der Waals surface area (Å²) >= 11 is 0. The molecule has 0 unspecified atom stereocenters. The number of hydrogen-bond donors (Lipinski definition) is 2. The lowest BCUT2D eigenvalue weighted by atomic mass is 9.99. The number of carbonyl (C=O) groups is 1. The topological polar surface area (TPSA) is 66.0 Å². The molecular formula is C12H12N2O2. The lowest BCUT2D eigenvalue weighted by Gasteiger charge is -2.05. The Morgan fingerprint density at radius 2 is 2.06 bits per heavy atom. The molecule has 82 valence electrons. The Balaban J connectivity index is 2.59. The molecule has 0 fully saturated rings. The van der Waals surface area contributed by atoms with E-state index in [1.807, 2.05) is 32.0 Å². The molecule has 2 aromatic rings. The highest BCUT2D eigenvalue weighted by molar-refractivity contribution is 5.94. The predicted octanol–water partition coefficient (Wildman–Crippen LogP) is 2.39. The quantitative estimate of drug-likeness (QED) is 0.810. The fourth-order valence-electron chi connectivity index (χ4n) is 1.77. The van der Waals surface area contributed by atoms with Gasteiger partial charge in [-0.1, -0.05) is 23.8 Å². The van der Waals surface area contributed by atoms with Crippen LogP contribution in [0.2, 0.25) is 0 Å². The second-order valence-electron chi connectivity index (χ2n) is 3.78. The van der Waals surface area contributed by atoms with E-state index in [2.05, 4.69) is 10.2 Å². The molecule has 16 heavy (non-hydrogen) atoms. The number of aromatic carboxylic acids is 1. The zero-order valence-corrected chi connectivity index (χ0v) is 9.11. The van der Waals surface area contributed by atoms with Crippen LogP contribution in [0.4, 0.5) is 0 Å². The molecule has 4 nitrogen and oxygen atoms in total. The van der Waals surface area contributed by atoms with Crippen molar-refractivity contribution >= 4 is 5.97 Å². The minimum absolute atomic E-state index is 0.131. The van der Waals surface area contributed by atoms with Crippen LogP contribution >= 0.6 is 0 Å². The van der Waals surface area contributed by atoms with E-state index in [1.54, 1.807) is 6.20 Å². The Hall–Kier alpha value is -2.10. The van der Waals surface area contributed by atoms with E-state index < -0.39 is 5.97 Å². The summed E-state index contributed by atoms with van der Waals surface area (Å²) < 4.78 is 0. The van der Waals surface area contributed by atoms with E-state index in [0.29, 0.717) is 5.56 Å². The van der Waals surface area contributed by atoms with E-state index in [-0.39, 0.29) is 5.69 Å². The van der Waals surface area contributed by atoms with Crippen LogP contribution in [0.15, 0.2) is 24.4 Å². The Kier molecular flexibility index (Phi) is 2.48. The van der Waals surface area contributed by atoms with Crippen molar-refractivity contribution in [2.75, 3.05) is 0 Å². The first kappa shape index (κ1) is 10.4. The van der Waals surface area contributed by atoms with Gasteiger partial charge < -0.3 is 5.11 Å². The van der Waals surface area contributed by atoms with Gasteiger partial charge in [-0.05, 0) is 25.0 Å². The number of carboxylic acids is 1. The van der Waals surface area contributed by atoms with Gasteiger partial charge in [-0.25, -0.2) is 4.79 Å². The Morgan fingerprint density at radius 3 is 2.69 bits per heavy atom. The van der Waals surface area contributed by atoms with Crippen molar-refractivity contribution < 1.29 is 9.90 Å². The highest BCUT2D eigenvalue weighted by Gasteiger charge is 2.15. The Morgan fingerprint density at radius 1 is 1.31 bits per heavy atom. The van der Waals surface area contributed by atoms with Gasteiger partial charge in [0.05, 0.1) is 6.20 Å². The Labute approximate surface area is 92.9 Å². The molecule has 0 spiro atoms. The first-order chi connectivity index (χ1) is 7.59. The first-order valence-electron chi connectivity index (χ1n) is 4.94. The second kappa shape index (κ2) is 3.81. The fraction of sp³-hybridized carbons (Fsp3) is 0.167. The number of H-pyrrole nitrogens is 1. The summed E-state index contributed by atoms with van der Waals surface area (Å²) in [5.41, 5.74) is 3.86. The van der Waals surface area contributed by atoms with Gasteiger partial charge in [0.1, 0.15) is 0 Å². The molecule has 4 heteroatoms. The van der Waals surface area contributed by atoms with Crippen molar-refractivity contribution in [2.45, 2.75) is 13.8 Å². The van der Waals surface area contributed by atoms with Gasteiger partial charge in [0.25, 0.3) is 0 Å². The average Bonchev–Trinajstić information content (AvgIpc) is 2.66. The first-order valence-corrected chi connectivity index (χ1v) is 4.94. The fourth-order valence-corrected chi connectivity index (χ4v) is 1.77. The molecule has 2 rings (SSSR count). The van der Waals surface area contributed by atoms with Crippen molar-refractivity contribution in [3.63, 3.8) is 0 Å². The number of benzene rings is 1. The summed E-state index contributed by atoms with van der Waals surface area (Å²) in [5, 5.41) is 15.3. The SMILES string of the molecule is Cc1ccc(-c2cn[nH]c2C(=O)O)c(C)c1. The number of hydrogen-bond acceptors (Lipinski definition) is 2. The number of rotatable bonds is 2. The molecule has 0 saturated heterocycles. The maximum Gasteiger partial charge on any atom is 0.354 e. The average molecular weight is 216 g/mol. The molecule has 0 radical (unpaired) electrons. The van der Waals surface area contributed by atoms with Crippen LogP contribution in [0.1, 0.15) is 21.6 Å². The normalized spacial score (nSPS) is 10.4. The summed E-state index contributed by atoms with van der Waals surface area (Å²) in [6.07, 6.45) is 1.54. The van der Waals surface area contributed by atoms with Gasteiger partial charge in [0.15, 0.2) is 5.69 Å². The van der Waals surface area contributed by atoms with Crippen molar-refractivity contribution in [2.24, 2.45) is 0 Å². The van der Waals surface area contributed by atoms with Gasteiger partial charge in [-0.15, -0.1) is 0 Å². The van der Waals surface area contributed by atoms with Crippen LogP contribution in [0.25, 0.3) is 11.1 Å². The maximum absolute atomic E-state index is 11.0. The standard InChI is InChI=1S/C12H12N2O2/c1-7-3-4-9(8(2)5-7)10-6-13-14-11(10)12(15)16/h3-6H,1-2H3,(H,13,14)(H,15,16). The molecule has 0 atom stereocenters. The molecule has 0 aliphatic rings. The predicted molar refractivity (Wildman–Crippen MR) is 60.5 cm³/mol. The van der Waals surface area contributed by atoms with Gasteiger partial charge in [0, 0.05) is 5.56 Å². The zero-order valence-electron chi connectivity index (χ0n) is 9.11. The third-order valence-electron chi connectivity index (χ3n) is 2.53. The highest BCUT2D eigenvalue weighted by atomic mass is 16.4. The number of aryl methyl sites for hydroxylation is 2. The summed E-state index contributed by atoms with van der Waals surface area (Å²) in [4.78, 5) is 11.0. The van der Waals surface area contributed by atoms with Crippen LogP contribution < -0.4 is 0 Å². The monoisotopic (exact) mass is 216 g/mol. The third-order valence-corrected chi connectivity index (χ3v) is 2.53. The van der Waals surface area contributed by atoms with Crippen LogP contribution in [-0.4, -0.2) is 21.3 Å². The van der Waals surface area contributed by atoms with Gasteiger partial charge in [-0.2, -0.15) is 5.10 Å². The molecule has 0 aliphatic carbocycles. The van der Waals surface area contributed by atoms with E-state index >= 15 is 0 Å². The van der Waals surface area contributed by atoms with Gasteiger partial charge in [-0.3, -0.25) is 5.10 Å². The summed E-state index contributed by atoms with van der Waals surface area (Å²) in [6, 6.07) is 5.90. The molecule has 1 heterocycles. The lowest BCUT2D eigenvalue weighted by Crippen LogP contribution is -1.99. The summed E-state index contributed by atoms with van der Waals surface area (Å²) in [7, 11) is 0. The number of aromatic nitrogens is 2. The number of nitrogens with one attached hydrogen (secondary N) is 1. The molecular weight excluding hydrogens is 204 g/mol. The molecule has 0 bridgehead atoms. The van der Waals surface area contributed by atoms with Crippen molar-refractivity contribution in [3.8, 4) is 11.1 Å². The van der Waals surface area contributed by atoms with Crippen molar-refractivity contribution in [1.29, 1.82) is 0 Å². The van der Waals surface area contributed by atoms with E-state index in [1.165, 1.54) is 0 Å². The van der Waals surface area contributed by atoms with Gasteiger partial charge >= 0.3 is 5.97 Å². The summed E-state index contributed by atoms with van der Waals surface area (Å²) in [6.45, 7) is 3.96. The lowest BCUT2D eigenvalue weighted by molar-refractivity contribution is 0.0691. The zero-order chi connectivity index (χ0) is 11.7. The van der Waals surface area contributed by atoms with Gasteiger partial charge in [0.2, 0.25) is 0 Å². The second-order valence-corrected chi connectivity index (χ2v) is 3.78. The number of nitrogens with zero attached hydrogens (tertiary/aromatic N) is 1. The van der Waals surface area contributed by atoms with Crippen LogP contribution in [0, 0.1) is 13.8 Å². The molecule has 0 amide bonds. The maximum atomic E-state index is 11.0. The minimum atomic E-state index is -0.993. The number of carboxylic acid groups (broad SMARTS) is 1. The van der Waals surface area contributed by atoms with E-state index in [9.17, 15) is 4.79 Å². The highest BCUT2D eigenvalue weighted by Crippen LogP contribution is 2.26. The smallest absolute Gasteiger partial charge is 0.354 e. The summed E-state index contributed by atoms with van der Waals surface area (Å²) in [5.74, 6) is -0.993. The van der Waals surface area contributed by atoms with Crippen LogP contribution in [0.3, 0.4) is 0 Å². The molecule has 0 aliphatic heterocycles. The van der Waals surface area contributed by atoms with Crippen molar-refractivity contribution in [3.05, 3.63) is 41.2 Å². The minimum Gasteiger partial charge on any atom is -0.477 e. The largest absolute Gasteiger partial charge is 0.477 e. The molecule has 1 aromatic carbocycles. The number of aromatic amines is 1. The molecule has 1 aromatic heterocycles. The Bertz CT molecular complexity index is 544. The van der Waals surface area contributed by atoms with Crippen LogP contribution in [-0.2, 0) is 0 Å². The van der Waals surface area contributed by atoms with E-state index in [4.69, 9.17) is 5.11 Å². The van der Waals surface area contributed by atoms with E-state index in [0.717, 1.165) is 16.7 Å².